The van der Waals surface area contributed by atoms with Crippen LogP contribution in [0, 0.1) is 6.92 Å². The maximum Gasteiger partial charge on any atom is 0.371 e. The van der Waals surface area contributed by atoms with E-state index >= 15 is 0 Å². The lowest BCUT2D eigenvalue weighted by molar-refractivity contribution is -0.00280. The van der Waals surface area contributed by atoms with E-state index in [2.05, 4.69) is 0 Å². The lowest BCUT2D eigenvalue weighted by Crippen LogP contribution is -2.45. The van der Waals surface area contributed by atoms with Crippen LogP contribution in [-0.2, 0) is 14.8 Å². The van der Waals surface area contributed by atoms with Gasteiger partial charge in [0.05, 0.1) is 12.7 Å². The lowest BCUT2D eigenvalue weighted by Gasteiger charge is -2.31. The van der Waals surface area contributed by atoms with Gasteiger partial charge < -0.3 is 14.3 Å². The van der Waals surface area contributed by atoms with Crippen LogP contribution in [0.1, 0.15) is 29.7 Å². The maximum absolute atomic E-state index is 12.5. The number of furan rings is 1. The molecule has 1 atom stereocenters. The predicted molar refractivity (Wildman–Crippen MR) is 69.2 cm³/mol. The Morgan fingerprint density at radius 3 is 2.80 bits per heavy atom. The van der Waals surface area contributed by atoms with Gasteiger partial charge in [-0.05, 0) is 13.3 Å². The van der Waals surface area contributed by atoms with E-state index < -0.39 is 16.0 Å². The second kappa shape index (κ2) is 5.55. The van der Waals surface area contributed by atoms with Gasteiger partial charge in [-0.3, -0.25) is 0 Å². The number of rotatable bonds is 4. The van der Waals surface area contributed by atoms with Gasteiger partial charge in [0.15, 0.2) is 0 Å². The normalized spacial score (nSPS) is 21.0. The van der Waals surface area contributed by atoms with E-state index in [9.17, 15) is 13.2 Å². The van der Waals surface area contributed by atoms with E-state index in [-0.39, 0.29) is 35.6 Å². The largest absolute Gasteiger partial charge is 0.475 e. The number of hydrogen-bond donors (Lipinski definition) is 1. The van der Waals surface area contributed by atoms with Crippen LogP contribution < -0.4 is 0 Å². The average molecular weight is 303 g/mol. The molecule has 0 amide bonds. The highest BCUT2D eigenvalue weighted by Crippen LogP contribution is 2.25. The minimum atomic E-state index is -3.75. The van der Waals surface area contributed by atoms with Gasteiger partial charge in [0, 0.05) is 19.2 Å². The molecule has 0 spiro atoms. The van der Waals surface area contributed by atoms with Gasteiger partial charge >= 0.3 is 5.97 Å². The molecule has 2 rings (SSSR count). The fourth-order valence-electron chi connectivity index (χ4n) is 2.12. The first-order chi connectivity index (χ1) is 9.36. The number of sulfonamides is 1. The van der Waals surface area contributed by atoms with Crippen molar-refractivity contribution in [3.05, 3.63) is 17.6 Å². The zero-order chi connectivity index (χ0) is 14.9. The Kier molecular flexibility index (Phi) is 4.17. The van der Waals surface area contributed by atoms with Crippen LogP contribution in [-0.4, -0.2) is 49.6 Å². The molecule has 0 aliphatic carbocycles. The first-order valence-electron chi connectivity index (χ1n) is 6.31. The number of hydrogen-bond acceptors (Lipinski definition) is 5. The zero-order valence-corrected chi connectivity index (χ0v) is 12.1. The molecule has 0 aromatic carbocycles. The summed E-state index contributed by atoms with van der Waals surface area (Å²) in [4.78, 5) is 10.8. The maximum atomic E-state index is 12.5. The van der Waals surface area contributed by atoms with Crippen LogP contribution in [0.3, 0.4) is 0 Å². The van der Waals surface area contributed by atoms with Crippen molar-refractivity contribution in [2.24, 2.45) is 0 Å². The summed E-state index contributed by atoms with van der Waals surface area (Å²) in [5.74, 6) is -1.58. The topological polar surface area (TPSA) is 97.1 Å². The molecule has 1 aromatic rings. The van der Waals surface area contributed by atoms with Crippen molar-refractivity contribution in [2.45, 2.75) is 31.3 Å². The highest BCUT2D eigenvalue weighted by molar-refractivity contribution is 7.89. The summed E-state index contributed by atoms with van der Waals surface area (Å²) in [5.41, 5.74) is 0. The van der Waals surface area contributed by atoms with Gasteiger partial charge in [0.2, 0.25) is 15.8 Å². The van der Waals surface area contributed by atoms with E-state index in [0.29, 0.717) is 6.61 Å². The molecule has 0 saturated carbocycles. The second-order valence-electron chi connectivity index (χ2n) is 4.60. The predicted octanol–water partition coefficient (Wildman–Crippen LogP) is 1.09. The molecule has 1 fully saturated rings. The number of aromatic carboxylic acids is 1. The van der Waals surface area contributed by atoms with Crippen molar-refractivity contribution in [1.29, 1.82) is 0 Å². The monoisotopic (exact) mass is 303 g/mol. The van der Waals surface area contributed by atoms with Gasteiger partial charge in [-0.15, -0.1) is 0 Å². The van der Waals surface area contributed by atoms with E-state index in [1.807, 2.05) is 6.92 Å². The standard InChI is InChI=1S/C12H17NO6S/c1-3-9-7-13(4-5-18-9)20(16,17)11-6-10(12(14)15)19-8(11)2/h6,9H,3-5,7H2,1-2H3,(H,14,15). The molecular weight excluding hydrogens is 286 g/mol. The summed E-state index contributed by atoms with van der Waals surface area (Å²) < 4.78 is 36.8. The van der Waals surface area contributed by atoms with Gasteiger partial charge in [-0.25, -0.2) is 13.2 Å². The Bertz CT molecular complexity index is 605. The fraction of sp³-hybridized carbons (Fsp3) is 0.583. The van der Waals surface area contributed by atoms with Crippen LogP contribution >= 0.6 is 0 Å². The highest BCUT2D eigenvalue weighted by atomic mass is 32.2. The van der Waals surface area contributed by atoms with E-state index in [0.717, 1.165) is 12.5 Å². The number of carboxylic acids is 1. The lowest BCUT2D eigenvalue weighted by atomic mass is 10.2. The van der Waals surface area contributed by atoms with Crippen molar-refractivity contribution in [3.8, 4) is 0 Å². The molecule has 1 saturated heterocycles. The smallest absolute Gasteiger partial charge is 0.371 e. The van der Waals surface area contributed by atoms with Crippen LogP contribution in [0.2, 0.25) is 0 Å². The molecule has 1 aromatic heterocycles. The molecule has 1 aliphatic heterocycles. The van der Waals surface area contributed by atoms with Gasteiger partial charge in [0.1, 0.15) is 10.7 Å². The number of carboxylic acid groups (broad SMARTS) is 1. The summed E-state index contributed by atoms with van der Waals surface area (Å²) in [7, 11) is -3.75. The summed E-state index contributed by atoms with van der Waals surface area (Å²) in [6, 6.07) is 1.06. The summed E-state index contributed by atoms with van der Waals surface area (Å²) >= 11 is 0. The molecule has 1 unspecified atom stereocenters. The van der Waals surface area contributed by atoms with Crippen LogP contribution in [0.15, 0.2) is 15.4 Å². The first kappa shape index (κ1) is 15.0. The average Bonchev–Trinajstić information content (AvgIpc) is 2.82. The first-order valence-corrected chi connectivity index (χ1v) is 7.75. The number of morpholine rings is 1. The molecule has 2 heterocycles. The number of nitrogens with zero attached hydrogens (tertiary/aromatic N) is 1. The van der Waals surface area contributed by atoms with E-state index in [4.69, 9.17) is 14.3 Å². The molecule has 0 radical (unpaired) electrons. The van der Waals surface area contributed by atoms with Gasteiger partial charge in [-0.1, -0.05) is 6.92 Å². The van der Waals surface area contributed by atoms with Gasteiger partial charge in [-0.2, -0.15) is 4.31 Å². The van der Waals surface area contributed by atoms with Crippen LogP contribution in [0.5, 0.6) is 0 Å². The Labute approximate surface area is 117 Å². The minimum absolute atomic E-state index is 0.0851. The van der Waals surface area contributed by atoms with Gasteiger partial charge in [0.25, 0.3) is 0 Å². The molecule has 112 valence electrons. The third-order valence-electron chi connectivity index (χ3n) is 3.26. The summed E-state index contributed by atoms with van der Waals surface area (Å²) in [6.45, 7) is 4.22. The summed E-state index contributed by atoms with van der Waals surface area (Å²) in [5, 5.41) is 8.86. The molecule has 1 N–H and O–H groups in total. The Morgan fingerprint density at radius 2 is 2.25 bits per heavy atom. The molecule has 1 aliphatic rings. The molecule has 8 heteroatoms. The van der Waals surface area contributed by atoms with E-state index in [1.54, 1.807) is 0 Å². The SMILES string of the molecule is CCC1CN(S(=O)(=O)c2cc(C(=O)O)oc2C)CCO1. The fourth-order valence-corrected chi connectivity index (χ4v) is 3.74. The molecule has 0 bridgehead atoms. The van der Waals surface area contributed by atoms with Crippen LogP contribution in [0.25, 0.3) is 0 Å². The number of ether oxygens (including phenoxy) is 1. The quantitative estimate of drug-likeness (QED) is 0.894. The Hall–Kier alpha value is -1.38. The highest BCUT2D eigenvalue weighted by Gasteiger charge is 2.33. The van der Waals surface area contributed by atoms with Crippen LogP contribution in [0.4, 0.5) is 0 Å². The number of aryl methyl sites for hydroxylation is 1. The third kappa shape index (κ3) is 2.72. The zero-order valence-electron chi connectivity index (χ0n) is 11.3. The summed E-state index contributed by atoms with van der Waals surface area (Å²) in [6.07, 6.45) is 0.584. The molecule has 20 heavy (non-hydrogen) atoms. The van der Waals surface area contributed by atoms with Crippen molar-refractivity contribution < 1.29 is 27.5 Å². The van der Waals surface area contributed by atoms with E-state index in [1.165, 1.54) is 11.2 Å². The third-order valence-corrected chi connectivity index (χ3v) is 5.23. The molecular formula is C12H17NO6S. The Morgan fingerprint density at radius 1 is 1.55 bits per heavy atom. The van der Waals surface area contributed by atoms with Crippen molar-refractivity contribution in [1.82, 2.24) is 4.31 Å². The number of carbonyl (C=O) groups is 1. The van der Waals surface area contributed by atoms with Crippen molar-refractivity contribution in [2.75, 3.05) is 19.7 Å². The second-order valence-corrected chi connectivity index (χ2v) is 6.51. The van der Waals surface area contributed by atoms with Crippen molar-refractivity contribution in [3.63, 3.8) is 0 Å². The molecule has 7 nitrogen and oxygen atoms in total. The minimum Gasteiger partial charge on any atom is -0.475 e. The van der Waals surface area contributed by atoms with Crippen molar-refractivity contribution >= 4 is 16.0 Å². The Balaban J connectivity index is 2.32.